The van der Waals surface area contributed by atoms with Crippen LogP contribution < -0.4 is 5.32 Å². The number of nitrogens with zero attached hydrogens (tertiary/aromatic N) is 1. The van der Waals surface area contributed by atoms with Crippen LogP contribution in [-0.2, 0) is 6.54 Å². The third-order valence-electron chi connectivity index (χ3n) is 3.77. The maximum atomic E-state index is 13.7. The fourth-order valence-corrected chi connectivity index (χ4v) is 2.54. The molecule has 1 heterocycles. The molecule has 4 heteroatoms. The second-order valence-electron chi connectivity index (χ2n) is 5.52. The van der Waals surface area contributed by atoms with Crippen LogP contribution in [0.25, 0.3) is 0 Å². The van der Waals surface area contributed by atoms with Gasteiger partial charge in [-0.25, -0.2) is 8.78 Å². The molecule has 106 valence electrons. The van der Waals surface area contributed by atoms with E-state index in [4.69, 9.17) is 0 Å². The number of halogens is 2. The molecule has 1 aromatic rings. The lowest BCUT2D eigenvalue weighted by Crippen LogP contribution is -2.41. The monoisotopic (exact) mass is 268 g/mol. The predicted molar refractivity (Wildman–Crippen MR) is 72.9 cm³/mol. The molecule has 1 aromatic carbocycles. The van der Waals surface area contributed by atoms with Gasteiger partial charge in [0.1, 0.15) is 11.6 Å². The molecular formula is C15H22F2N2. The third-order valence-corrected chi connectivity index (χ3v) is 3.77. The van der Waals surface area contributed by atoms with E-state index in [9.17, 15) is 8.78 Å². The van der Waals surface area contributed by atoms with Gasteiger partial charge >= 0.3 is 0 Å². The summed E-state index contributed by atoms with van der Waals surface area (Å²) in [6.45, 7) is 6.34. The largest absolute Gasteiger partial charge is 0.313 e. The summed E-state index contributed by atoms with van der Waals surface area (Å²) in [5.74, 6) is -0.907. The zero-order chi connectivity index (χ0) is 13.8. The minimum Gasteiger partial charge on any atom is -0.313 e. The number of hydrogen-bond donors (Lipinski definition) is 1. The van der Waals surface area contributed by atoms with Crippen molar-refractivity contribution in [3.05, 3.63) is 35.4 Å². The fourth-order valence-electron chi connectivity index (χ4n) is 2.54. The van der Waals surface area contributed by atoms with E-state index in [1.807, 2.05) is 0 Å². The molecule has 0 aliphatic carbocycles. The van der Waals surface area contributed by atoms with Crippen molar-refractivity contribution < 1.29 is 8.78 Å². The van der Waals surface area contributed by atoms with Crippen molar-refractivity contribution in [3.8, 4) is 0 Å². The van der Waals surface area contributed by atoms with Gasteiger partial charge in [-0.15, -0.1) is 0 Å². The fraction of sp³-hybridized carbons (Fsp3) is 0.600. The van der Waals surface area contributed by atoms with E-state index >= 15 is 0 Å². The lowest BCUT2D eigenvalue weighted by molar-refractivity contribution is 0.189. The highest BCUT2D eigenvalue weighted by atomic mass is 19.1. The zero-order valence-corrected chi connectivity index (χ0v) is 11.6. The molecule has 0 bridgehead atoms. The van der Waals surface area contributed by atoms with E-state index < -0.39 is 11.6 Å². The molecule has 1 atom stereocenters. The van der Waals surface area contributed by atoms with E-state index in [1.165, 1.54) is 24.6 Å². The first-order chi connectivity index (χ1) is 9.08. The van der Waals surface area contributed by atoms with Crippen LogP contribution in [0.4, 0.5) is 8.78 Å². The second-order valence-corrected chi connectivity index (χ2v) is 5.52. The molecular weight excluding hydrogens is 246 g/mol. The SMILES string of the molecule is CC(C)N(Cc1c(F)cccc1F)CC1CCCN1. The molecule has 1 N–H and O–H groups in total. The van der Waals surface area contributed by atoms with Crippen LogP contribution in [0.1, 0.15) is 32.3 Å². The van der Waals surface area contributed by atoms with Crippen LogP contribution in [0.15, 0.2) is 18.2 Å². The molecule has 0 saturated carbocycles. The predicted octanol–water partition coefficient (Wildman–Crippen LogP) is 2.93. The van der Waals surface area contributed by atoms with Crippen molar-refractivity contribution >= 4 is 0 Å². The zero-order valence-electron chi connectivity index (χ0n) is 11.6. The van der Waals surface area contributed by atoms with E-state index in [1.54, 1.807) is 0 Å². The number of nitrogens with one attached hydrogen (secondary N) is 1. The van der Waals surface area contributed by atoms with Crippen molar-refractivity contribution in [1.82, 2.24) is 10.2 Å². The highest BCUT2D eigenvalue weighted by Crippen LogP contribution is 2.17. The molecule has 0 amide bonds. The van der Waals surface area contributed by atoms with Crippen molar-refractivity contribution in [2.45, 2.75) is 45.3 Å². The van der Waals surface area contributed by atoms with Crippen molar-refractivity contribution in [1.29, 1.82) is 0 Å². The summed E-state index contributed by atoms with van der Waals surface area (Å²) in [6.07, 6.45) is 2.33. The van der Waals surface area contributed by atoms with Gasteiger partial charge in [0.15, 0.2) is 0 Å². The molecule has 0 spiro atoms. The van der Waals surface area contributed by atoms with Gasteiger partial charge in [-0.1, -0.05) is 6.07 Å². The van der Waals surface area contributed by atoms with Crippen LogP contribution in [0, 0.1) is 11.6 Å². The first-order valence-corrected chi connectivity index (χ1v) is 6.98. The molecule has 0 radical (unpaired) electrons. The Bertz CT molecular complexity index is 394. The number of benzene rings is 1. The average molecular weight is 268 g/mol. The Morgan fingerprint density at radius 2 is 2.00 bits per heavy atom. The average Bonchev–Trinajstić information content (AvgIpc) is 2.85. The van der Waals surface area contributed by atoms with Gasteiger partial charge in [0, 0.05) is 30.7 Å². The normalized spacial score (nSPS) is 19.6. The Kier molecular flexibility index (Phi) is 4.88. The minimum atomic E-state index is -0.454. The summed E-state index contributed by atoms with van der Waals surface area (Å²) in [7, 11) is 0. The van der Waals surface area contributed by atoms with Crippen LogP contribution >= 0.6 is 0 Å². The van der Waals surface area contributed by atoms with E-state index in [2.05, 4.69) is 24.1 Å². The topological polar surface area (TPSA) is 15.3 Å². The smallest absolute Gasteiger partial charge is 0.130 e. The van der Waals surface area contributed by atoms with Gasteiger partial charge in [-0.3, -0.25) is 4.90 Å². The summed E-state index contributed by atoms with van der Waals surface area (Å²) < 4.78 is 27.4. The summed E-state index contributed by atoms with van der Waals surface area (Å²) in [5, 5.41) is 3.43. The lowest BCUT2D eigenvalue weighted by atomic mass is 10.1. The molecule has 1 fully saturated rings. The van der Waals surface area contributed by atoms with Crippen LogP contribution in [0.3, 0.4) is 0 Å². The molecule has 2 nitrogen and oxygen atoms in total. The van der Waals surface area contributed by atoms with Gasteiger partial charge < -0.3 is 5.32 Å². The summed E-state index contributed by atoms with van der Waals surface area (Å²) >= 11 is 0. The van der Waals surface area contributed by atoms with Gasteiger partial charge in [-0.05, 0) is 45.4 Å². The van der Waals surface area contributed by atoms with E-state index in [-0.39, 0.29) is 11.6 Å². The van der Waals surface area contributed by atoms with Crippen LogP contribution in [0.5, 0.6) is 0 Å². The van der Waals surface area contributed by atoms with Gasteiger partial charge in [0.05, 0.1) is 0 Å². The first-order valence-electron chi connectivity index (χ1n) is 6.98. The van der Waals surface area contributed by atoms with Crippen LogP contribution in [-0.4, -0.2) is 30.1 Å². The van der Waals surface area contributed by atoms with Gasteiger partial charge in [0.25, 0.3) is 0 Å². The first kappa shape index (κ1) is 14.4. The summed E-state index contributed by atoms with van der Waals surface area (Å²) in [6, 6.07) is 4.76. The Morgan fingerprint density at radius 1 is 1.32 bits per heavy atom. The van der Waals surface area contributed by atoms with Crippen molar-refractivity contribution in [2.75, 3.05) is 13.1 Å². The Morgan fingerprint density at radius 3 is 2.53 bits per heavy atom. The second kappa shape index (κ2) is 6.44. The van der Waals surface area contributed by atoms with Gasteiger partial charge in [0.2, 0.25) is 0 Å². The van der Waals surface area contributed by atoms with Crippen molar-refractivity contribution in [3.63, 3.8) is 0 Å². The molecule has 1 aliphatic rings. The minimum absolute atomic E-state index is 0.175. The molecule has 1 saturated heterocycles. The quantitative estimate of drug-likeness (QED) is 0.883. The molecule has 19 heavy (non-hydrogen) atoms. The maximum absolute atomic E-state index is 13.7. The van der Waals surface area contributed by atoms with E-state index in [0.29, 0.717) is 12.6 Å². The lowest BCUT2D eigenvalue weighted by Gasteiger charge is -2.29. The van der Waals surface area contributed by atoms with Crippen LogP contribution in [0.2, 0.25) is 0 Å². The maximum Gasteiger partial charge on any atom is 0.130 e. The molecule has 1 unspecified atom stereocenters. The molecule has 2 rings (SSSR count). The van der Waals surface area contributed by atoms with Gasteiger partial charge in [-0.2, -0.15) is 0 Å². The number of hydrogen-bond acceptors (Lipinski definition) is 2. The van der Waals surface area contributed by atoms with E-state index in [0.717, 1.165) is 19.5 Å². The number of rotatable bonds is 5. The summed E-state index contributed by atoms with van der Waals surface area (Å²) in [5.41, 5.74) is 0.175. The van der Waals surface area contributed by atoms with Crippen molar-refractivity contribution in [2.24, 2.45) is 0 Å². The summed E-state index contributed by atoms with van der Waals surface area (Å²) in [4.78, 5) is 2.13. The highest BCUT2D eigenvalue weighted by Gasteiger charge is 2.21. The Hall–Kier alpha value is -1.00. The molecule has 1 aliphatic heterocycles. The standard InChI is InChI=1S/C15H22F2N2/c1-11(2)19(9-12-5-4-8-18-12)10-13-14(16)6-3-7-15(13)17/h3,6-7,11-12,18H,4-5,8-10H2,1-2H3. The Labute approximate surface area is 113 Å². The highest BCUT2D eigenvalue weighted by molar-refractivity contribution is 5.19. The molecule has 0 aromatic heterocycles. The Balaban J connectivity index is 2.07. The third kappa shape index (κ3) is 3.74.